The van der Waals surface area contributed by atoms with Gasteiger partial charge in [0.15, 0.2) is 0 Å². The number of aryl methyl sites for hydroxylation is 1. The molecule has 0 amide bonds. The van der Waals surface area contributed by atoms with Crippen LogP contribution >= 0.6 is 0 Å². The molecule has 2 saturated heterocycles. The van der Waals surface area contributed by atoms with E-state index in [1.807, 2.05) is 37.2 Å². The molecule has 2 aliphatic heterocycles. The number of hydrogen-bond donors (Lipinski definition) is 0. The van der Waals surface area contributed by atoms with Crippen molar-refractivity contribution in [3.05, 3.63) is 90.6 Å². The van der Waals surface area contributed by atoms with E-state index in [4.69, 9.17) is 9.17 Å². The third-order valence-electron chi connectivity index (χ3n) is 7.51. The van der Waals surface area contributed by atoms with Crippen LogP contribution in [0.4, 0.5) is 5.69 Å². The summed E-state index contributed by atoms with van der Waals surface area (Å²) in [5.41, 5.74) is 4.10. The molecule has 0 aliphatic carbocycles. The van der Waals surface area contributed by atoms with Crippen molar-refractivity contribution in [1.82, 2.24) is 9.88 Å². The Morgan fingerprint density at radius 2 is 1.67 bits per heavy atom. The summed E-state index contributed by atoms with van der Waals surface area (Å²) in [5, 5.41) is 2.41. The van der Waals surface area contributed by atoms with Gasteiger partial charge in [-0.1, -0.05) is 54.1 Å². The summed E-state index contributed by atoms with van der Waals surface area (Å²) in [6, 6.07) is 25.7. The molecule has 0 bridgehead atoms. The highest BCUT2D eigenvalue weighted by molar-refractivity contribution is 7.86. The molecule has 0 N–H and O–H groups in total. The predicted molar refractivity (Wildman–Crippen MR) is 142 cm³/mol. The van der Waals surface area contributed by atoms with E-state index >= 15 is 0 Å². The molecule has 6 nitrogen and oxygen atoms in total. The molecule has 1 aromatic heterocycles. The summed E-state index contributed by atoms with van der Waals surface area (Å²) in [6.07, 6.45) is 1.45. The van der Waals surface area contributed by atoms with Gasteiger partial charge < -0.3 is 4.90 Å². The number of pyridine rings is 1. The minimum atomic E-state index is -3.84. The monoisotopic (exact) mass is 499 g/mol. The number of fused-ring (bicyclic) bond motifs is 2. The number of hydrogen-bond acceptors (Lipinski definition) is 6. The maximum Gasteiger partial charge on any atom is 0.298 e. The molecular formula is C29H29N3O3S. The molecule has 0 saturated carbocycles. The van der Waals surface area contributed by atoms with Crippen molar-refractivity contribution in [3.63, 3.8) is 0 Å². The van der Waals surface area contributed by atoms with Gasteiger partial charge in [0, 0.05) is 31.1 Å². The van der Waals surface area contributed by atoms with Crippen molar-refractivity contribution in [2.45, 2.75) is 18.0 Å². The van der Waals surface area contributed by atoms with Gasteiger partial charge in [-0.25, -0.2) is 4.18 Å². The Hall–Kier alpha value is -3.26. The zero-order valence-corrected chi connectivity index (χ0v) is 21.2. The molecule has 0 spiro atoms. The maximum atomic E-state index is 13.0. The molecule has 6 rings (SSSR count). The number of likely N-dealkylation sites (tertiary alicyclic amines) is 1. The lowest BCUT2D eigenvalue weighted by molar-refractivity contribution is 0.0569. The first-order valence-electron chi connectivity index (χ1n) is 12.3. The molecule has 36 heavy (non-hydrogen) atoms. The highest BCUT2D eigenvalue weighted by atomic mass is 32.2. The first-order chi connectivity index (χ1) is 17.4. The van der Waals surface area contributed by atoms with Gasteiger partial charge in [-0.3, -0.25) is 9.88 Å². The molecule has 2 aliphatic rings. The zero-order valence-electron chi connectivity index (χ0n) is 20.4. The highest BCUT2D eigenvalue weighted by Crippen LogP contribution is 2.39. The third kappa shape index (κ3) is 4.28. The number of anilines is 1. The van der Waals surface area contributed by atoms with Crippen molar-refractivity contribution in [2.24, 2.45) is 11.8 Å². The molecule has 7 heteroatoms. The van der Waals surface area contributed by atoms with Crippen molar-refractivity contribution in [2.75, 3.05) is 31.6 Å². The molecular weight excluding hydrogens is 470 g/mol. The topological polar surface area (TPSA) is 62.7 Å². The summed E-state index contributed by atoms with van der Waals surface area (Å²) in [5.74, 6) is 0.448. The van der Waals surface area contributed by atoms with E-state index < -0.39 is 16.3 Å². The van der Waals surface area contributed by atoms with E-state index in [2.05, 4.69) is 47.4 Å². The Labute approximate surface area is 212 Å². The fourth-order valence-corrected chi connectivity index (χ4v) is 6.68. The molecule has 184 valence electrons. The number of rotatable bonds is 5. The van der Waals surface area contributed by atoms with Crippen LogP contribution in [0, 0.1) is 18.8 Å². The van der Waals surface area contributed by atoms with Crippen LogP contribution in [0.3, 0.4) is 0 Å². The Balaban J connectivity index is 1.18. The summed E-state index contributed by atoms with van der Waals surface area (Å²) in [4.78, 5) is 9.28. The highest BCUT2D eigenvalue weighted by Gasteiger charge is 2.48. The first-order valence-corrected chi connectivity index (χ1v) is 13.7. The van der Waals surface area contributed by atoms with E-state index in [0.29, 0.717) is 5.92 Å². The molecule has 3 aromatic carbocycles. The van der Waals surface area contributed by atoms with Crippen LogP contribution in [-0.4, -0.2) is 51.2 Å². The second-order valence-electron chi connectivity index (χ2n) is 9.99. The Kier molecular flexibility index (Phi) is 5.79. The zero-order chi connectivity index (χ0) is 24.9. The van der Waals surface area contributed by atoms with E-state index in [9.17, 15) is 8.42 Å². The van der Waals surface area contributed by atoms with Crippen LogP contribution in [0.2, 0.25) is 0 Å². The van der Waals surface area contributed by atoms with E-state index in [0.717, 1.165) is 42.1 Å². The van der Waals surface area contributed by atoms with Crippen LogP contribution in [0.25, 0.3) is 22.0 Å². The normalized spacial score (nSPS) is 22.3. The first kappa shape index (κ1) is 23.2. The van der Waals surface area contributed by atoms with Gasteiger partial charge in [0.2, 0.25) is 0 Å². The van der Waals surface area contributed by atoms with E-state index in [1.165, 1.54) is 10.8 Å². The lowest BCUT2D eigenvalue weighted by atomic mass is 10.00. The number of nitrogens with zero attached hydrogens (tertiary/aromatic N) is 3. The van der Waals surface area contributed by atoms with Crippen molar-refractivity contribution < 1.29 is 12.6 Å². The van der Waals surface area contributed by atoms with Gasteiger partial charge in [-0.15, -0.1) is 0 Å². The van der Waals surface area contributed by atoms with Crippen LogP contribution in [0.1, 0.15) is 5.56 Å². The Morgan fingerprint density at radius 3 is 2.42 bits per heavy atom. The van der Waals surface area contributed by atoms with Gasteiger partial charge >= 0.3 is 0 Å². The second-order valence-corrected chi connectivity index (χ2v) is 11.6. The summed E-state index contributed by atoms with van der Waals surface area (Å²) < 4.78 is 31.7. The van der Waals surface area contributed by atoms with Gasteiger partial charge in [-0.2, -0.15) is 8.42 Å². The Morgan fingerprint density at radius 1 is 0.889 bits per heavy atom. The van der Waals surface area contributed by atoms with Gasteiger partial charge in [0.1, 0.15) is 6.23 Å². The average Bonchev–Trinajstić information content (AvgIpc) is 3.42. The molecule has 3 atom stereocenters. The Bertz CT molecular complexity index is 1500. The van der Waals surface area contributed by atoms with Crippen LogP contribution in [0.5, 0.6) is 0 Å². The smallest absolute Gasteiger partial charge is 0.298 e. The van der Waals surface area contributed by atoms with Gasteiger partial charge in [0.25, 0.3) is 10.1 Å². The van der Waals surface area contributed by atoms with Crippen molar-refractivity contribution in [1.29, 1.82) is 0 Å². The average molecular weight is 500 g/mol. The van der Waals surface area contributed by atoms with Crippen molar-refractivity contribution in [3.8, 4) is 11.3 Å². The standard InChI is InChI=1S/C29H29N3O3S/c1-20-7-12-26(13-8-20)36(33,34)35-29-27-19-32(18-24(27)17-31(29)2)25-11-14-28(30-16-25)23-10-9-21-5-3-4-6-22(21)15-23/h3-16,24,27,29H,17-19H2,1-2H3. The fraction of sp³-hybridized carbons (Fsp3) is 0.276. The maximum absolute atomic E-state index is 13.0. The van der Waals surface area contributed by atoms with E-state index in [1.54, 1.807) is 24.3 Å². The van der Waals surface area contributed by atoms with Crippen LogP contribution in [-0.2, 0) is 14.3 Å². The van der Waals surface area contributed by atoms with E-state index in [-0.39, 0.29) is 10.8 Å². The predicted octanol–water partition coefficient (Wildman–Crippen LogP) is 4.94. The van der Waals surface area contributed by atoms with Gasteiger partial charge in [-0.05, 0) is 61.0 Å². The fourth-order valence-electron chi connectivity index (χ4n) is 5.55. The number of aromatic nitrogens is 1. The molecule has 4 aromatic rings. The van der Waals surface area contributed by atoms with Crippen LogP contribution in [0.15, 0.2) is 90.0 Å². The quantitative estimate of drug-likeness (QED) is 0.363. The van der Waals surface area contributed by atoms with Gasteiger partial charge in [0.05, 0.1) is 22.5 Å². The SMILES string of the molecule is Cc1ccc(S(=O)(=O)OC2C3CN(c4ccc(-c5ccc6ccccc6c5)nc4)CC3CN2C)cc1. The molecule has 3 heterocycles. The molecule has 0 radical (unpaired) electrons. The third-order valence-corrected chi connectivity index (χ3v) is 8.81. The lowest BCUT2D eigenvalue weighted by Gasteiger charge is -2.26. The number of benzene rings is 3. The summed E-state index contributed by atoms with van der Waals surface area (Å²) >= 11 is 0. The molecule has 3 unspecified atom stereocenters. The minimum absolute atomic E-state index is 0.107. The minimum Gasteiger partial charge on any atom is -0.370 e. The summed E-state index contributed by atoms with van der Waals surface area (Å²) in [7, 11) is -1.90. The molecule has 2 fully saturated rings. The lowest BCUT2D eigenvalue weighted by Crippen LogP contribution is -2.37. The van der Waals surface area contributed by atoms with Crippen molar-refractivity contribution >= 4 is 26.6 Å². The van der Waals surface area contributed by atoms with Crippen LogP contribution < -0.4 is 4.90 Å². The summed E-state index contributed by atoms with van der Waals surface area (Å²) in [6.45, 7) is 4.33. The second kappa shape index (κ2) is 9.00. The largest absolute Gasteiger partial charge is 0.370 e.